The van der Waals surface area contributed by atoms with Gasteiger partial charge in [-0.3, -0.25) is 0 Å². The fraction of sp³-hybridized carbons (Fsp3) is 0.0240. The van der Waals surface area contributed by atoms with E-state index >= 15 is 0 Å². The minimum Gasteiger partial charge on any atom is -0.0619 e. The van der Waals surface area contributed by atoms with Crippen LogP contribution in [-0.4, -0.2) is 0 Å². The first kappa shape index (κ1) is 75.4. The second-order valence-corrected chi connectivity index (χ2v) is 33.6. The summed E-state index contributed by atoms with van der Waals surface area (Å²) in [5, 5.41) is 50.6. The van der Waals surface area contributed by atoms with Crippen molar-refractivity contribution in [2.24, 2.45) is 0 Å². The Morgan fingerprint density at radius 3 is 0.624 bits per heavy atom. The highest BCUT2D eigenvalue weighted by atomic mass is 14.4. The van der Waals surface area contributed by atoms with Crippen molar-refractivity contribution in [3.63, 3.8) is 0 Å². The standard InChI is InChI=1S/C23H18.C22H14.2C18H12.C16H10.2C14H10/c1-23(2)20-14-8-7-13-19(20)21-17-11-5-3-9-15(17)16-10-4-6-12-18(16)22(21)23;1-3-7-17-15(5-1)9-11-21-19(17)13-14-20-18-8-4-2-6-16(18)10-12-22(20)21;1-3-7-15-13(5-1)9-11-18-16-8-4-2-6-14(16)10-12-17(15)18;1-2-6-14-10-18-12-16-8-4-3-7-15(16)11-17(18)9-13(14)5-1;1-3-11-7-9-13-5-2-6-14-10-8-12(4-1)15(11)16(13)14;1-3-7-13-11(5-1)9-10-12-6-2-4-8-14(12)13;1-2-6-12-10-14-8-4-3-7-13(14)9-11(12)5-1/h3-14H,1-2H3;1-14H;2*1-12H;1-10H;2*1-10H. The topological polar surface area (TPSA) is 0 Å². The van der Waals surface area contributed by atoms with E-state index in [9.17, 15) is 0 Å². The van der Waals surface area contributed by atoms with Gasteiger partial charge < -0.3 is 0 Å². The minimum absolute atomic E-state index is 0.0373. The number of hydrogen-bond donors (Lipinski definition) is 0. The third-order valence-corrected chi connectivity index (χ3v) is 26.0. The van der Waals surface area contributed by atoms with Gasteiger partial charge in [0.25, 0.3) is 0 Å². The summed E-state index contributed by atoms with van der Waals surface area (Å²) in [6.45, 7) is 4.72. The Kier molecular flexibility index (Phi) is 19.5. The first-order chi connectivity index (χ1) is 61.8. The van der Waals surface area contributed by atoms with Gasteiger partial charge in [0.05, 0.1) is 0 Å². The molecule has 0 heterocycles. The number of hydrogen-bond acceptors (Lipinski definition) is 0. The van der Waals surface area contributed by atoms with Crippen molar-refractivity contribution < 1.29 is 0 Å². The Morgan fingerprint density at radius 2 is 0.312 bits per heavy atom. The van der Waals surface area contributed by atoms with Gasteiger partial charge in [-0.1, -0.05) is 463 Å². The average Bonchev–Trinajstić information content (AvgIpc) is 1.54. The molecule has 0 aromatic heterocycles. The normalized spacial score (nSPS) is 12.0. The lowest BCUT2D eigenvalue weighted by Gasteiger charge is -2.24. The highest BCUT2D eigenvalue weighted by molar-refractivity contribution is 6.25. The van der Waals surface area contributed by atoms with Crippen LogP contribution in [-0.2, 0) is 5.41 Å². The molecule has 0 N–H and O–H groups in total. The van der Waals surface area contributed by atoms with Crippen molar-refractivity contribution in [2.75, 3.05) is 0 Å². The van der Waals surface area contributed by atoms with Crippen molar-refractivity contribution >= 4 is 205 Å². The zero-order chi connectivity index (χ0) is 83.3. The van der Waals surface area contributed by atoms with Gasteiger partial charge in [0.2, 0.25) is 0 Å². The molecule has 0 saturated heterocycles. The monoisotopic (exact) mass is 1590 g/mol. The Labute approximate surface area is 726 Å². The summed E-state index contributed by atoms with van der Waals surface area (Å²) >= 11 is 0. The SMILES string of the molecule is CC1(C)c2ccccc2-c2c1c1ccccc1c1ccccc21.c1cc2ccc3cccc4ccc(c1)c2c34.c1ccc2c(c1)ccc1c2ccc2c3ccccc3ccc21.c1ccc2c(c1)ccc1c3ccccc3ccc21.c1ccc2c(c1)ccc1ccccc12.c1ccc2cc3cc4ccccc4cc3cc2c1.c1ccc2cc3ccccc3cc2c1. The zero-order valence-electron chi connectivity index (χ0n) is 69.7. The summed E-state index contributed by atoms with van der Waals surface area (Å²) < 4.78 is 0. The van der Waals surface area contributed by atoms with Crippen LogP contribution in [0.3, 0.4) is 0 Å². The molecule has 27 aromatic rings. The molecule has 0 saturated carbocycles. The molecule has 586 valence electrons. The van der Waals surface area contributed by atoms with Gasteiger partial charge in [0.15, 0.2) is 0 Å². The molecular formula is C125H86. The fourth-order valence-electron chi connectivity index (χ4n) is 19.9. The third kappa shape index (κ3) is 14.0. The average molecular weight is 1590 g/mol. The first-order valence-corrected chi connectivity index (χ1v) is 43.5. The molecule has 0 aliphatic heterocycles. The van der Waals surface area contributed by atoms with E-state index in [1.165, 1.54) is 227 Å². The Bertz CT molecular complexity index is 8210. The van der Waals surface area contributed by atoms with E-state index in [0.717, 1.165) is 0 Å². The lowest BCUT2D eigenvalue weighted by atomic mass is 9.79. The zero-order valence-corrected chi connectivity index (χ0v) is 69.7. The maximum atomic E-state index is 2.36. The van der Waals surface area contributed by atoms with E-state index < -0.39 is 0 Å². The predicted octanol–water partition coefficient (Wildman–Crippen LogP) is 35.5. The smallest absolute Gasteiger partial charge is 0.0165 e. The maximum Gasteiger partial charge on any atom is 0.0165 e. The largest absolute Gasteiger partial charge is 0.0619 e. The van der Waals surface area contributed by atoms with E-state index in [-0.39, 0.29) is 5.41 Å². The Balaban J connectivity index is 0.0000000871. The van der Waals surface area contributed by atoms with Crippen molar-refractivity contribution in [2.45, 2.75) is 19.3 Å². The minimum atomic E-state index is 0.0373. The molecule has 28 rings (SSSR count). The lowest BCUT2D eigenvalue weighted by molar-refractivity contribution is 0.666. The van der Waals surface area contributed by atoms with Gasteiger partial charge in [-0.05, 0) is 263 Å². The summed E-state index contributed by atoms with van der Waals surface area (Å²) in [6, 6.07) is 174. The van der Waals surface area contributed by atoms with E-state index in [0.29, 0.717) is 0 Å². The summed E-state index contributed by atoms with van der Waals surface area (Å²) in [7, 11) is 0. The van der Waals surface area contributed by atoms with Crippen molar-refractivity contribution in [3.05, 3.63) is 496 Å². The van der Waals surface area contributed by atoms with Crippen LogP contribution in [0.1, 0.15) is 25.0 Å². The first-order valence-electron chi connectivity index (χ1n) is 43.5. The second kappa shape index (κ2) is 32.3. The molecule has 0 atom stereocenters. The molecule has 0 bridgehead atoms. The fourth-order valence-corrected chi connectivity index (χ4v) is 19.9. The summed E-state index contributed by atoms with van der Waals surface area (Å²) in [6.07, 6.45) is 0. The molecular weight excluding hydrogens is 1500 g/mol. The van der Waals surface area contributed by atoms with E-state index in [4.69, 9.17) is 0 Å². The Morgan fingerprint density at radius 1 is 0.128 bits per heavy atom. The van der Waals surface area contributed by atoms with E-state index in [1.807, 2.05) is 0 Å². The molecule has 0 nitrogen and oxygen atoms in total. The Hall–Kier alpha value is -15.9. The van der Waals surface area contributed by atoms with Gasteiger partial charge in [0.1, 0.15) is 0 Å². The van der Waals surface area contributed by atoms with Crippen LogP contribution in [0.25, 0.3) is 216 Å². The lowest BCUT2D eigenvalue weighted by Crippen LogP contribution is -2.15. The molecule has 0 fully saturated rings. The molecule has 0 heteroatoms. The van der Waals surface area contributed by atoms with Crippen molar-refractivity contribution in [1.29, 1.82) is 0 Å². The van der Waals surface area contributed by atoms with Gasteiger partial charge in [0, 0.05) is 5.41 Å². The highest BCUT2D eigenvalue weighted by Gasteiger charge is 2.38. The number of rotatable bonds is 0. The molecule has 27 aromatic carbocycles. The van der Waals surface area contributed by atoms with Gasteiger partial charge >= 0.3 is 0 Å². The summed E-state index contributed by atoms with van der Waals surface area (Å²) in [5.41, 5.74) is 5.79. The van der Waals surface area contributed by atoms with Gasteiger partial charge in [-0.25, -0.2) is 0 Å². The van der Waals surface area contributed by atoms with Crippen LogP contribution in [0.2, 0.25) is 0 Å². The number of fused-ring (bicyclic) bond motifs is 28. The summed E-state index contributed by atoms with van der Waals surface area (Å²) in [5.74, 6) is 0. The summed E-state index contributed by atoms with van der Waals surface area (Å²) in [4.78, 5) is 0. The maximum absolute atomic E-state index is 2.36. The van der Waals surface area contributed by atoms with Crippen LogP contribution < -0.4 is 0 Å². The molecule has 0 unspecified atom stereocenters. The van der Waals surface area contributed by atoms with Crippen molar-refractivity contribution in [1.82, 2.24) is 0 Å². The van der Waals surface area contributed by atoms with Crippen LogP contribution in [0.4, 0.5) is 0 Å². The van der Waals surface area contributed by atoms with E-state index in [2.05, 4.69) is 499 Å². The molecule has 0 spiro atoms. The molecule has 0 amide bonds. The quantitative estimate of drug-likeness (QED) is 0.105. The van der Waals surface area contributed by atoms with Crippen LogP contribution in [0, 0.1) is 0 Å². The number of benzene rings is 27. The second-order valence-electron chi connectivity index (χ2n) is 33.6. The van der Waals surface area contributed by atoms with Crippen molar-refractivity contribution in [3.8, 4) is 11.1 Å². The van der Waals surface area contributed by atoms with Gasteiger partial charge in [-0.2, -0.15) is 0 Å². The highest BCUT2D eigenvalue weighted by Crippen LogP contribution is 2.54. The third-order valence-electron chi connectivity index (χ3n) is 26.0. The molecule has 0 radical (unpaired) electrons. The molecule has 1 aliphatic carbocycles. The molecule has 125 heavy (non-hydrogen) atoms. The molecule has 1 aliphatic rings. The predicted molar refractivity (Wildman–Crippen MR) is 546 cm³/mol. The van der Waals surface area contributed by atoms with Crippen LogP contribution in [0.15, 0.2) is 485 Å². The van der Waals surface area contributed by atoms with E-state index in [1.54, 1.807) is 0 Å². The van der Waals surface area contributed by atoms with Crippen LogP contribution >= 0.6 is 0 Å². The van der Waals surface area contributed by atoms with Crippen LogP contribution in [0.5, 0.6) is 0 Å². The van der Waals surface area contributed by atoms with Gasteiger partial charge in [-0.15, -0.1) is 0 Å².